The molecule has 0 radical (unpaired) electrons. The summed E-state index contributed by atoms with van der Waals surface area (Å²) in [6, 6.07) is 11.9. The molecule has 104 valence electrons. The zero-order valence-electron chi connectivity index (χ0n) is 11.7. The number of hydrogen-bond donors (Lipinski definition) is 0. The third kappa shape index (κ3) is 1.74. The molecule has 5 heteroatoms. The monoisotopic (exact) mass is 278 g/mol. The third-order valence-electron chi connectivity index (χ3n) is 4.02. The molecule has 0 aliphatic carbocycles. The highest BCUT2D eigenvalue weighted by Crippen LogP contribution is 2.36. The van der Waals surface area contributed by atoms with E-state index in [1.807, 2.05) is 52.8 Å². The fourth-order valence-corrected chi connectivity index (χ4v) is 2.94. The molecule has 0 spiro atoms. The minimum Gasteiger partial charge on any atom is -0.316 e. The van der Waals surface area contributed by atoms with E-state index in [9.17, 15) is 4.79 Å². The van der Waals surface area contributed by atoms with E-state index in [1.54, 1.807) is 6.33 Å². The van der Waals surface area contributed by atoms with Crippen LogP contribution in [0.25, 0.3) is 10.8 Å². The number of nitrogens with zero attached hydrogens (tertiary/aromatic N) is 4. The van der Waals surface area contributed by atoms with Gasteiger partial charge in [-0.25, -0.2) is 0 Å². The second kappa shape index (κ2) is 4.41. The van der Waals surface area contributed by atoms with Gasteiger partial charge in [0.05, 0.1) is 5.69 Å². The number of benzene rings is 2. The number of anilines is 1. The van der Waals surface area contributed by atoms with Crippen LogP contribution in [0.1, 0.15) is 16.2 Å². The van der Waals surface area contributed by atoms with Crippen molar-refractivity contribution in [2.45, 2.75) is 13.5 Å². The van der Waals surface area contributed by atoms with Crippen LogP contribution in [0.5, 0.6) is 0 Å². The van der Waals surface area contributed by atoms with Gasteiger partial charge in [-0.2, -0.15) is 0 Å². The lowest BCUT2D eigenvalue weighted by molar-refractivity contribution is 0.0992. The van der Waals surface area contributed by atoms with Crippen molar-refractivity contribution in [1.82, 2.24) is 14.8 Å². The van der Waals surface area contributed by atoms with E-state index in [1.165, 1.54) is 0 Å². The highest BCUT2D eigenvalue weighted by atomic mass is 16.2. The van der Waals surface area contributed by atoms with Crippen molar-refractivity contribution in [3.63, 3.8) is 0 Å². The third-order valence-corrected chi connectivity index (χ3v) is 4.02. The number of carbonyl (C=O) groups excluding carboxylic acids is 1. The van der Waals surface area contributed by atoms with Gasteiger partial charge in [-0.3, -0.25) is 4.79 Å². The van der Waals surface area contributed by atoms with Crippen molar-refractivity contribution in [3.05, 3.63) is 54.1 Å². The van der Waals surface area contributed by atoms with Gasteiger partial charge in [-0.15, -0.1) is 10.2 Å². The molecule has 0 bridgehead atoms. The largest absolute Gasteiger partial charge is 0.316 e. The van der Waals surface area contributed by atoms with Gasteiger partial charge in [-0.1, -0.05) is 24.3 Å². The summed E-state index contributed by atoms with van der Waals surface area (Å²) in [4.78, 5) is 14.5. The first-order valence-corrected chi connectivity index (χ1v) is 6.94. The van der Waals surface area contributed by atoms with Crippen LogP contribution in [-0.4, -0.2) is 27.2 Å². The van der Waals surface area contributed by atoms with Gasteiger partial charge in [0.25, 0.3) is 5.91 Å². The van der Waals surface area contributed by atoms with E-state index < -0.39 is 0 Å². The standard InChI is InChI=1S/C16H14N4O/c1-11-18-17-10-19(11)8-9-20-14-7-3-5-12-4-2-6-13(15(12)14)16(20)21/h2-7,10H,8-9H2,1H3. The molecule has 0 N–H and O–H groups in total. The Morgan fingerprint density at radius 3 is 2.67 bits per heavy atom. The molecular formula is C16H14N4O. The molecule has 4 rings (SSSR count). The average Bonchev–Trinajstić information content (AvgIpc) is 3.02. The van der Waals surface area contributed by atoms with E-state index in [-0.39, 0.29) is 5.91 Å². The minimum absolute atomic E-state index is 0.0764. The molecule has 1 aliphatic rings. The smallest absolute Gasteiger partial charge is 0.259 e. The van der Waals surface area contributed by atoms with E-state index in [0.717, 1.165) is 27.8 Å². The zero-order valence-corrected chi connectivity index (χ0v) is 11.7. The molecule has 1 aliphatic heterocycles. The van der Waals surface area contributed by atoms with Crippen molar-refractivity contribution >= 4 is 22.4 Å². The summed E-state index contributed by atoms with van der Waals surface area (Å²) in [5.41, 5.74) is 1.79. The summed E-state index contributed by atoms with van der Waals surface area (Å²) < 4.78 is 1.95. The maximum atomic E-state index is 12.6. The molecular weight excluding hydrogens is 264 g/mol. The van der Waals surface area contributed by atoms with Crippen LogP contribution < -0.4 is 4.90 Å². The number of amides is 1. The SMILES string of the molecule is Cc1nncn1CCN1C(=O)c2cccc3cccc1c23. The first kappa shape index (κ1) is 12.1. The summed E-state index contributed by atoms with van der Waals surface area (Å²) in [5.74, 6) is 0.935. The van der Waals surface area contributed by atoms with Gasteiger partial charge in [0.15, 0.2) is 0 Å². The minimum atomic E-state index is 0.0764. The Hall–Kier alpha value is -2.69. The molecule has 0 saturated carbocycles. The van der Waals surface area contributed by atoms with Crippen molar-refractivity contribution < 1.29 is 4.79 Å². The van der Waals surface area contributed by atoms with Gasteiger partial charge in [0.2, 0.25) is 0 Å². The Morgan fingerprint density at radius 1 is 1.10 bits per heavy atom. The van der Waals surface area contributed by atoms with Crippen molar-refractivity contribution in [2.24, 2.45) is 0 Å². The Labute approximate surface area is 121 Å². The number of carbonyl (C=O) groups is 1. The number of aryl methyl sites for hydroxylation is 1. The Kier molecular flexibility index (Phi) is 2.54. The lowest BCUT2D eigenvalue weighted by Crippen LogP contribution is -2.30. The van der Waals surface area contributed by atoms with Gasteiger partial charge in [-0.05, 0) is 24.4 Å². The average molecular weight is 278 g/mol. The topological polar surface area (TPSA) is 51.0 Å². The Bertz CT molecular complexity index is 847. The van der Waals surface area contributed by atoms with Gasteiger partial charge >= 0.3 is 0 Å². The summed E-state index contributed by atoms with van der Waals surface area (Å²) in [5, 5.41) is 10.0. The molecule has 0 atom stereocenters. The fraction of sp³-hybridized carbons (Fsp3) is 0.188. The Morgan fingerprint density at radius 2 is 1.90 bits per heavy atom. The van der Waals surface area contributed by atoms with Gasteiger partial charge in [0, 0.05) is 24.0 Å². The van der Waals surface area contributed by atoms with Crippen molar-refractivity contribution in [2.75, 3.05) is 11.4 Å². The highest BCUT2D eigenvalue weighted by Gasteiger charge is 2.29. The number of hydrogen-bond acceptors (Lipinski definition) is 3. The molecule has 0 unspecified atom stereocenters. The molecule has 2 aromatic carbocycles. The summed E-state index contributed by atoms with van der Waals surface area (Å²) in [7, 11) is 0. The fourth-order valence-electron chi connectivity index (χ4n) is 2.94. The number of aromatic nitrogens is 3. The van der Waals surface area contributed by atoms with Gasteiger partial charge in [0.1, 0.15) is 12.2 Å². The van der Waals surface area contributed by atoms with Crippen LogP contribution in [0.15, 0.2) is 42.7 Å². The van der Waals surface area contributed by atoms with Crippen LogP contribution in [0.3, 0.4) is 0 Å². The summed E-state index contributed by atoms with van der Waals surface area (Å²) in [6.45, 7) is 3.22. The second-order valence-electron chi connectivity index (χ2n) is 5.21. The van der Waals surface area contributed by atoms with Crippen molar-refractivity contribution in [1.29, 1.82) is 0 Å². The normalized spacial score (nSPS) is 13.4. The predicted molar refractivity (Wildman–Crippen MR) is 80.4 cm³/mol. The highest BCUT2D eigenvalue weighted by molar-refractivity contribution is 6.24. The second-order valence-corrected chi connectivity index (χ2v) is 5.21. The van der Waals surface area contributed by atoms with Crippen LogP contribution in [0.2, 0.25) is 0 Å². The van der Waals surface area contributed by atoms with E-state index in [0.29, 0.717) is 13.1 Å². The van der Waals surface area contributed by atoms with Crippen molar-refractivity contribution in [3.8, 4) is 0 Å². The molecule has 1 amide bonds. The molecule has 5 nitrogen and oxygen atoms in total. The molecule has 1 aromatic heterocycles. The Balaban J connectivity index is 1.71. The molecule has 2 heterocycles. The molecule has 0 fully saturated rings. The maximum absolute atomic E-state index is 12.6. The van der Waals surface area contributed by atoms with E-state index in [2.05, 4.69) is 10.2 Å². The van der Waals surface area contributed by atoms with Gasteiger partial charge < -0.3 is 9.47 Å². The van der Waals surface area contributed by atoms with Crippen LogP contribution in [0.4, 0.5) is 5.69 Å². The predicted octanol–water partition coefficient (Wildman–Crippen LogP) is 2.40. The quantitative estimate of drug-likeness (QED) is 0.739. The number of rotatable bonds is 3. The first-order chi connectivity index (χ1) is 10.3. The molecule has 0 saturated heterocycles. The lowest BCUT2D eigenvalue weighted by Gasteiger charge is -2.18. The maximum Gasteiger partial charge on any atom is 0.259 e. The van der Waals surface area contributed by atoms with Crippen LogP contribution >= 0.6 is 0 Å². The zero-order chi connectivity index (χ0) is 14.4. The molecule has 3 aromatic rings. The van der Waals surface area contributed by atoms with E-state index >= 15 is 0 Å². The first-order valence-electron chi connectivity index (χ1n) is 6.94. The summed E-state index contributed by atoms with van der Waals surface area (Å²) >= 11 is 0. The van der Waals surface area contributed by atoms with Crippen LogP contribution in [0, 0.1) is 6.92 Å². The lowest BCUT2D eigenvalue weighted by atomic mass is 10.1. The van der Waals surface area contributed by atoms with E-state index in [4.69, 9.17) is 0 Å². The molecule has 21 heavy (non-hydrogen) atoms. The summed E-state index contributed by atoms with van der Waals surface area (Å²) in [6.07, 6.45) is 1.70. The van der Waals surface area contributed by atoms with Crippen LogP contribution in [-0.2, 0) is 6.54 Å².